The lowest BCUT2D eigenvalue weighted by Crippen LogP contribution is -2.35. The zero-order chi connectivity index (χ0) is 28.9. The number of nitrogens with zero attached hydrogens (tertiary/aromatic N) is 1. The summed E-state index contributed by atoms with van der Waals surface area (Å²) < 4.78 is 11.9. The maximum Gasteiger partial charge on any atom is 0.321 e. The van der Waals surface area contributed by atoms with E-state index in [2.05, 4.69) is 21.7 Å². The van der Waals surface area contributed by atoms with Gasteiger partial charge in [0.25, 0.3) is 5.91 Å². The monoisotopic (exact) mass is 553 g/mol. The van der Waals surface area contributed by atoms with Gasteiger partial charge in [-0.2, -0.15) is 0 Å². The molecular formula is C33H35N3O5. The van der Waals surface area contributed by atoms with Gasteiger partial charge in [0, 0.05) is 30.0 Å². The summed E-state index contributed by atoms with van der Waals surface area (Å²) >= 11 is 0. The predicted octanol–water partition coefficient (Wildman–Crippen LogP) is 5.35. The zero-order valence-corrected chi connectivity index (χ0v) is 23.6. The van der Waals surface area contributed by atoms with E-state index in [1.807, 2.05) is 69.3 Å². The second-order valence-corrected chi connectivity index (χ2v) is 10.6. The van der Waals surface area contributed by atoms with Crippen LogP contribution in [0.2, 0.25) is 0 Å². The average molecular weight is 554 g/mol. The maximum absolute atomic E-state index is 13.5. The Kier molecular flexibility index (Phi) is 8.50. The van der Waals surface area contributed by atoms with E-state index in [1.54, 1.807) is 12.1 Å². The van der Waals surface area contributed by atoms with E-state index in [0.29, 0.717) is 55.3 Å². The Balaban J connectivity index is 1.33. The molecule has 5 rings (SSSR count). The fraction of sp³-hybridized carbons (Fsp3) is 0.303. The molecule has 3 aromatic carbocycles. The third-order valence-electron chi connectivity index (χ3n) is 7.41. The Morgan fingerprint density at radius 2 is 1.80 bits per heavy atom. The molecule has 8 heteroatoms. The lowest BCUT2D eigenvalue weighted by molar-refractivity contribution is -0.139. The molecule has 0 spiro atoms. The highest BCUT2D eigenvalue weighted by Gasteiger charge is 2.36. The standard InChI is InChI=1S/C33H35N3O5/c1-20-15-21(2)17-23(16-20)19-35-31(37)28-18-25(9-10-26(28)27-11-13-34-30(27)33(38)39)40-14-12-29-22(3)41-32(36-29)24-7-5-4-6-8-24/h4-10,15-18,27,30,34H,11-14,19H2,1-3H3,(H,35,37)(H,38,39)/t27?,30-/m0/s1. The van der Waals surface area contributed by atoms with Gasteiger partial charge < -0.3 is 24.9 Å². The number of aryl methyl sites for hydroxylation is 3. The number of rotatable bonds is 10. The topological polar surface area (TPSA) is 114 Å². The molecule has 8 nitrogen and oxygen atoms in total. The summed E-state index contributed by atoms with van der Waals surface area (Å²) in [5.74, 6) is 0.337. The molecule has 1 aromatic heterocycles. The summed E-state index contributed by atoms with van der Waals surface area (Å²) in [5, 5.41) is 15.8. The number of nitrogens with one attached hydrogen (secondary N) is 2. The summed E-state index contributed by atoms with van der Waals surface area (Å²) in [6.07, 6.45) is 1.16. The van der Waals surface area contributed by atoms with Crippen molar-refractivity contribution < 1.29 is 23.8 Å². The number of benzene rings is 3. The summed E-state index contributed by atoms with van der Waals surface area (Å²) in [6, 6.07) is 20.5. The molecule has 0 aliphatic carbocycles. The first-order valence-corrected chi connectivity index (χ1v) is 13.9. The van der Waals surface area contributed by atoms with Crippen LogP contribution < -0.4 is 15.4 Å². The second-order valence-electron chi connectivity index (χ2n) is 10.6. The zero-order valence-electron chi connectivity index (χ0n) is 23.6. The van der Waals surface area contributed by atoms with Gasteiger partial charge in [0.2, 0.25) is 5.89 Å². The van der Waals surface area contributed by atoms with Crippen LogP contribution in [-0.4, -0.2) is 41.2 Å². The van der Waals surface area contributed by atoms with E-state index in [4.69, 9.17) is 9.15 Å². The van der Waals surface area contributed by atoms with E-state index in [-0.39, 0.29) is 11.8 Å². The van der Waals surface area contributed by atoms with Crippen molar-refractivity contribution in [3.63, 3.8) is 0 Å². The molecule has 1 saturated heterocycles. The minimum atomic E-state index is -0.924. The third-order valence-corrected chi connectivity index (χ3v) is 7.41. The van der Waals surface area contributed by atoms with Gasteiger partial charge >= 0.3 is 5.97 Å². The van der Waals surface area contributed by atoms with Crippen molar-refractivity contribution in [1.29, 1.82) is 0 Å². The largest absolute Gasteiger partial charge is 0.493 e. The van der Waals surface area contributed by atoms with Gasteiger partial charge in [-0.1, -0.05) is 53.6 Å². The summed E-state index contributed by atoms with van der Waals surface area (Å²) in [6.45, 7) is 7.22. The molecule has 1 amide bonds. The molecular weight excluding hydrogens is 518 g/mol. The quantitative estimate of drug-likeness (QED) is 0.243. The van der Waals surface area contributed by atoms with Crippen molar-refractivity contribution in [3.8, 4) is 17.2 Å². The highest BCUT2D eigenvalue weighted by molar-refractivity contribution is 5.96. The Bertz CT molecular complexity index is 1530. The highest BCUT2D eigenvalue weighted by atomic mass is 16.5. The van der Waals surface area contributed by atoms with Crippen LogP contribution >= 0.6 is 0 Å². The Hall–Kier alpha value is -4.43. The average Bonchev–Trinajstić information content (AvgIpc) is 3.59. The smallest absolute Gasteiger partial charge is 0.321 e. The van der Waals surface area contributed by atoms with Crippen LogP contribution in [0.1, 0.15) is 56.4 Å². The van der Waals surface area contributed by atoms with Crippen LogP contribution in [0.25, 0.3) is 11.5 Å². The van der Waals surface area contributed by atoms with Crippen LogP contribution in [0, 0.1) is 20.8 Å². The lowest BCUT2D eigenvalue weighted by atomic mass is 9.88. The van der Waals surface area contributed by atoms with Gasteiger partial charge in [-0.15, -0.1) is 0 Å². The molecule has 1 aliphatic heterocycles. The van der Waals surface area contributed by atoms with E-state index in [9.17, 15) is 14.7 Å². The van der Waals surface area contributed by atoms with Crippen LogP contribution in [0.3, 0.4) is 0 Å². The molecule has 0 radical (unpaired) electrons. The first kappa shape index (κ1) is 28.1. The molecule has 2 atom stereocenters. The van der Waals surface area contributed by atoms with Crippen LogP contribution in [0.5, 0.6) is 5.75 Å². The molecule has 1 fully saturated rings. The molecule has 4 aromatic rings. The molecule has 3 N–H and O–H groups in total. The van der Waals surface area contributed by atoms with E-state index < -0.39 is 12.0 Å². The first-order chi connectivity index (χ1) is 19.8. The van der Waals surface area contributed by atoms with Gasteiger partial charge in [0.1, 0.15) is 17.6 Å². The van der Waals surface area contributed by atoms with Crippen molar-refractivity contribution >= 4 is 11.9 Å². The van der Waals surface area contributed by atoms with Crippen LogP contribution in [0.4, 0.5) is 0 Å². The number of ether oxygens (including phenoxy) is 1. The predicted molar refractivity (Wildman–Crippen MR) is 156 cm³/mol. The third kappa shape index (κ3) is 6.66. The summed E-state index contributed by atoms with van der Waals surface area (Å²) in [7, 11) is 0. The number of carbonyl (C=O) groups excluding carboxylic acids is 1. The number of carboxylic acid groups (broad SMARTS) is 1. The van der Waals surface area contributed by atoms with Crippen molar-refractivity contribution in [2.45, 2.75) is 52.1 Å². The van der Waals surface area contributed by atoms with Crippen molar-refractivity contribution in [3.05, 3.63) is 106 Å². The second kappa shape index (κ2) is 12.4. The van der Waals surface area contributed by atoms with Crippen molar-refractivity contribution in [2.75, 3.05) is 13.2 Å². The summed E-state index contributed by atoms with van der Waals surface area (Å²) in [5.41, 5.74) is 6.12. The molecule has 2 heterocycles. The number of carbonyl (C=O) groups is 2. The Labute approximate surface area is 239 Å². The SMILES string of the molecule is Cc1cc(C)cc(CNC(=O)c2cc(OCCc3nc(-c4ccccc4)oc3C)ccc2C2CCN[C@@H]2C(=O)O)c1. The highest BCUT2D eigenvalue weighted by Crippen LogP contribution is 2.33. The molecule has 0 bridgehead atoms. The van der Waals surface area contributed by atoms with Gasteiger partial charge in [-0.05, 0) is 69.1 Å². The molecule has 0 saturated carbocycles. The van der Waals surface area contributed by atoms with Gasteiger partial charge in [0.05, 0.1) is 12.3 Å². The van der Waals surface area contributed by atoms with Crippen LogP contribution in [-0.2, 0) is 17.8 Å². The molecule has 41 heavy (non-hydrogen) atoms. The van der Waals surface area contributed by atoms with Gasteiger partial charge in [-0.25, -0.2) is 4.98 Å². The number of aliphatic carboxylic acids is 1. The number of carboxylic acids is 1. The first-order valence-electron chi connectivity index (χ1n) is 13.9. The van der Waals surface area contributed by atoms with E-state index >= 15 is 0 Å². The summed E-state index contributed by atoms with van der Waals surface area (Å²) in [4.78, 5) is 30.1. The maximum atomic E-state index is 13.5. The number of hydrogen-bond acceptors (Lipinski definition) is 6. The number of oxazole rings is 1. The number of amides is 1. The minimum Gasteiger partial charge on any atom is -0.493 e. The van der Waals surface area contributed by atoms with Crippen molar-refractivity contribution in [2.24, 2.45) is 0 Å². The molecule has 1 aliphatic rings. The fourth-order valence-corrected chi connectivity index (χ4v) is 5.52. The van der Waals surface area contributed by atoms with Crippen molar-refractivity contribution in [1.82, 2.24) is 15.6 Å². The molecule has 212 valence electrons. The minimum absolute atomic E-state index is 0.263. The van der Waals surface area contributed by atoms with E-state index in [0.717, 1.165) is 33.7 Å². The van der Waals surface area contributed by atoms with E-state index in [1.165, 1.54) is 0 Å². The van der Waals surface area contributed by atoms with Crippen LogP contribution in [0.15, 0.2) is 71.1 Å². The molecule has 1 unspecified atom stereocenters. The fourth-order valence-electron chi connectivity index (χ4n) is 5.52. The number of hydrogen-bond donors (Lipinski definition) is 3. The number of aromatic nitrogens is 1. The Morgan fingerprint density at radius 1 is 1.05 bits per heavy atom. The lowest BCUT2D eigenvalue weighted by Gasteiger charge is -2.20. The van der Waals surface area contributed by atoms with Gasteiger partial charge in [-0.3, -0.25) is 9.59 Å². The normalized spacial score (nSPS) is 16.5. The Morgan fingerprint density at radius 3 is 2.54 bits per heavy atom. The van der Waals surface area contributed by atoms with Gasteiger partial charge in [0.15, 0.2) is 0 Å².